The molecule has 3 nitrogen and oxygen atoms in total. The molecule has 0 aliphatic rings. The quantitative estimate of drug-likeness (QED) is 0.712. The molecule has 3 N–H and O–H groups in total. The van der Waals surface area contributed by atoms with E-state index in [9.17, 15) is 13.2 Å². The van der Waals surface area contributed by atoms with Crippen molar-refractivity contribution in [2.24, 2.45) is 0 Å². The van der Waals surface area contributed by atoms with Gasteiger partial charge in [0, 0.05) is 17.2 Å². The van der Waals surface area contributed by atoms with Crippen molar-refractivity contribution in [1.29, 1.82) is 0 Å². The van der Waals surface area contributed by atoms with Crippen molar-refractivity contribution in [1.82, 2.24) is 10.2 Å². The second-order valence-electron chi connectivity index (χ2n) is 2.94. The average molecular weight is 213 g/mol. The van der Waals surface area contributed by atoms with Crippen molar-refractivity contribution >= 4 is 5.82 Å². The van der Waals surface area contributed by atoms with Gasteiger partial charge >= 0.3 is 0 Å². The molecule has 2 aromatic rings. The highest BCUT2D eigenvalue weighted by Gasteiger charge is 2.14. The molecule has 0 atom stereocenters. The zero-order valence-electron chi connectivity index (χ0n) is 7.39. The zero-order chi connectivity index (χ0) is 11.0. The number of hydrogen-bond donors (Lipinski definition) is 2. The number of aromatic amines is 1. The number of nitrogens with zero attached hydrogens (tertiary/aromatic N) is 1. The van der Waals surface area contributed by atoms with Gasteiger partial charge < -0.3 is 5.73 Å². The normalized spacial score (nSPS) is 10.6. The van der Waals surface area contributed by atoms with Crippen molar-refractivity contribution in [3.05, 3.63) is 35.8 Å². The number of nitrogens with one attached hydrogen (secondary N) is 1. The minimum absolute atomic E-state index is 0.0971. The first kappa shape index (κ1) is 9.57. The van der Waals surface area contributed by atoms with Crippen LogP contribution in [0.3, 0.4) is 0 Å². The van der Waals surface area contributed by atoms with Crippen LogP contribution in [0, 0.1) is 17.5 Å². The van der Waals surface area contributed by atoms with Crippen LogP contribution in [0.4, 0.5) is 19.0 Å². The van der Waals surface area contributed by atoms with E-state index in [1.54, 1.807) is 0 Å². The molecule has 1 heterocycles. The fraction of sp³-hybridized carbons (Fsp3) is 0. The van der Waals surface area contributed by atoms with Crippen molar-refractivity contribution < 1.29 is 13.2 Å². The van der Waals surface area contributed by atoms with Gasteiger partial charge in [-0.25, -0.2) is 13.2 Å². The summed E-state index contributed by atoms with van der Waals surface area (Å²) in [6, 6.07) is 1.21. The molecule has 0 amide bonds. The first-order valence-electron chi connectivity index (χ1n) is 4.03. The standard InChI is InChI=1S/C9H6F3N3/c10-6-2-8(12)7(11)1-4(6)5-3-14-15-9(5)13/h1-3H,(H3,13,14,15). The average Bonchev–Trinajstić information content (AvgIpc) is 2.58. The number of anilines is 1. The molecule has 0 aliphatic carbocycles. The van der Waals surface area contributed by atoms with Gasteiger partial charge in [0.1, 0.15) is 11.6 Å². The van der Waals surface area contributed by atoms with E-state index in [0.29, 0.717) is 6.07 Å². The Labute approximate surface area is 82.7 Å². The summed E-state index contributed by atoms with van der Waals surface area (Å²) in [6.45, 7) is 0. The summed E-state index contributed by atoms with van der Waals surface area (Å²) < 4.78 is 38.8. The van der Waals surface area contributed by atoms with Crippen LogP contribution >= 0.6 is 0 Å². The van der Waals surface area contributed by atoms with E-state index in [1.807, 2.05) is 0 Å². The fourth-order valence-corrected chi connectivity index (χ4v) is 1.24. The Bertz CT molecular complexity index is 507. The molecule has 0 spiro atoms. The number of H-pyrrole nitrogens is 1. The van der Waals surface area contributed by atoms with Crippen LogP contribution in [0.15, 0.2) is 18.3 Å². The highest BCUT2D eigenvalue weighted by molar-refractivity contribution is 5.73. The molecule has 0 aliphatic heterocycles. The van der Waals surface area contributed by atoms with Crippen LogP contribution < -0.4 is 5.73 Å². The van der Waals surface area contributed by atoms with E-state index in [0.717, 1.165) is 6.07 Å². The third kappa shape index (κ3) is 1.54. The van der Waals surface area contributed by atoms with Crippen LogP contribution in [-0.2, 0) is 0 Å². The topological polar surface area (TPSA) is 54.7 Å². The van der Waals surface area contributed by atoms with Crippen LogP contribution in [0.5, 0.6) is 0 Å². The molecule has 1 aromatic carbocycles. The zero-order valence-corrected chi connectivity index (χ0v) is 7.39. The Kier molecular flexibility index (Phi) is 2.11. The second-order valence-corrected chi connectivity index (χ2v) is 2.94. The lowest BCUT2D eigenvalue weighted by Crippen LogP contribution is -1.93. The Balaban J connectivity index is 2.64. The van der Waals surface area contributed by atoms with Gasteiger partial charge in [-0.2, -0.15) is 5.10 Å². The number of hydrogen-bond acceptors (Lipinski definition) is 2. The minimum atomic E-state index is -1.24. The summed E-state index contributed by atoms with van der Waals surface area (Å²) in [6.07, 6.45) is 1.24. The number of rotatable bonds is 1. The molecule has 0 saturated heterocycles. The molecule has 0 fully saturated rings. The number of nitrogens with two attached hydrogens (primary N) is 1. The summed E-state index contributed by atoms with van der Waals surface area (Å²) in [4.78, 5) is 0. The number of halogens is 3. The summed E-state index contributed by atoms with van der Waals surface area (Å²) in [5, 5.41) is 5.93. The molecule has 0 radical (unpaired) electrons. The van der Waals surface area contributed by atoms with Gasteiger partial charge in [0.25, 0.3) is 0 Å². The molecular weight excluding hydrogens is 207 g/mol. The Morgan fingerprint density at radius 2 is 1.67 bits per heavy atom. The highest BCUT2D eigenvalue weighted by atomic mass is 19.2. The van der Waals surface area contributed by atoms with E-state index in [1.165, 1.54) is 6.20 Å². The Morgan fingerprint density at radius 3 is 2.27 bits per heavy atom. The monoisotopic (exact) mass is 213 g/mol. The maximum atomic E-state index is 13.3. The Hall–Kier alpha value is -1.98. The number of aromatic nitrogens is 2. The van der Waals surface area contributed by atoms with Crippen LogP contribution in [0.25, 0.3) is 11.1 Å². The van der Waals surface area contributed by atoms with Crippen molar-refractivity contribution in [3.8, 4) is 11.1 Å². The van der Waals surface area contributed by atoms with E-state index in [-0.39, 0.29) is 16.9 Å². The summed E-state index contributed by atoms with van der Waals surface area (Å²) in [5.41, 5.74) is 5.50. The van der Waals surface area contributed by atoms with Crippen LogP contribution in [0.2, 0.25) is 0 Å². The maximum Gasteiger partial charge on any atom is 0.161 e. The molecular formula is C9H6F3N3. The predicted molar refractivity (Wildman–Crippen MR) is 48.3 cm³/mol. The van der Waals surface area contributed by atoms with E-state index in [4.69, 9.17) is 5.73 Å². The SMILES string of the molecule is Nc1[nH]ncc1-c1cc(F)c(F)cc1F. The third-order valence-corrected chi connectivity index (χ3v) is 1.97. The third-order valence-electron chi connectivity index (χ3n) is 1.97. The largest absolute Gasteiger partial charge is 0.384 e. The smallest absolute Gasteiger partial charge is 0.161 e. The number of benzene rings is 1. The van der Waals surface area contributed by atoms with Gasteiger partial charge in [0.15, 0.2) is 11.6 Å². The molecule has 0 saturated carbocycles. The summed E-state index contributed by atoms with van der Waals surface area (Å²) in [5.74, 6) is -3.16. The van der Waals surface area contributed by atoms with Gasteiger partial charge in [0.05, 0.1) is 6.20 Å². The molecule has 2 rings (SSSR count). The van der Waals surface area contributed by atoms with Crippen molar-refractivity contribution in [2.45, 2.75) is 0 Å². The van der Waals surface area contributed by atoms with Gasteiger partial charge in [0.2, 0.25) is 0 Å². The van der Waals surface area contributed by atoms with Crippen molar-refractivity contribution in [2.75, 3.05) is 5.73 Å². The van der Waals surface area contributed by atoms with Crippen molar-refractivity contribution in [3.63, 3.8) is 0 Å². The summed E-state index contributed by atoms with van der Waals surface area (Å²) >= 11 is 0. The van der Waals surface area contributed by atoms with E-state index >= 15 is 0 Å². The lowest BCUT2D eigenvalue weighted by atomic mass is 10.1. The van der Waals surface area contributed by atoms with Gasteiger partial charge in [-0.15, -0.1) is 0 Å². The summed E-state index contributed by atoms with van der Waals surface area (Å²) in [7, 11) is 0. The van der Waals surface area contributed by atoms with E-state index in [2.05, 4.69) is 10.2 Å². The molecule has 1 aromatic heterocycles. The van der Waals surface area contributed by atoms with Crippen LogP contribution in [0.1, 0.15) is 0 Å². The number of nitrogen functional groups attached to an aromatic ring is 1. The van der Waals surface area contributed by atoms with Crippen LogP contribution in [-0.4, -0.2) is 10.2 Å². The fourth-order valence-electron chi connectivity index (χ4n) is 1.24. The minimum Gasteiger partial charge on any atom is -0.384 e. The first-order chi connectivity index (χ1) is 7.09. The molecule has 0 unspecified atom stereocenters. The lowest BCUT2D eigenvalue weighted by Gasteiger charge is -2.02. The lowest BCUT2D eigenvalue weighted by molar-refractivity contribution is 0.496. The highest BCUT2D eigenvalue weighted by Crippen LogP contribution is 2.27. The van der Waals surface area contributed by atoms with Gasteiger partial charge in [-0.1, -0.05) is 0 Å². The maximum absolute atomic E-state index is 13.3. The van der Waals surface area contributed by atoms with E-state index < -0.39 is 17.5 Å². The predicted octanol–water partition coefficient (Wildman–Crippen LogP) is 2.08. The molecule has 6 heteroatoms. The molecule has 15 heavy (non-hydrogen) atoms. The second kappa shape index (κ2) is 3.30. The molecule has 0 bridgehead atoms. The van der Waals surface area contributed by atoms with Gasteiger partial charge in [-0.05, 0) is 6.07 Å². The molecule has 78 valence electrons. The van der Waals surface area contributed by atoms with Gasteiger partial charge in [-0.3, -0.25) is 5.10 Å². The Morgan fingerprint density at radius 1 is 1.00 bits per heavy atom. The first-order valence-corrected chi connectivity index (χ1v) is 4.03.